The van der Waals surface area contributed by atoms with Crippen LogP contribution in [0, 0.1) is 10.1 Å². The number of nitro groups is 1. The van der Waals surface area contributed by atoms with Crippen molar-refractivity contribution >= 4 is 29.0 Å². The largest absolute Gasteiger partial charge is 0.374 e. The minimum atomic E-state index is -0.424. The molecule has 0 bridgehead atoms. The lowest BCUT2D eigenvalue weighted by Gasteiger charge is -2.22. The number of hydrogen-bond donors (Lipinski definition) is 1. The van der Waals surface area contributed by atoms with E-state index in [4.69, 9.17) is 9.47 Å². The van der Waals surface area contributed by atoms with Gasteiger partial charge in [0.15, 0.2) is 0 Å². The lowest BCUT2D eigenvalue weighted by atomic mass is 10.1. The third-order valence-electron chi connectivity index (χ3n) is 4.14. The van der Waals surface area contributed by atoms with Gasteiger partial charge < -0.3 is 14.8 Å². The zero-order valence-corrected chi connectivity index (χ0v) is 16.5. The van der Waals surface area contributed by atoms with E-state index in [-0.39, 0.29) is 30.4 Å². The van der Waals surface area contributed by atoms with Gasteiger partial charge in [0, 0.05) is 34.7 Å². The third-order valence-corrected chi connectivity index (χ3v) is 5.15. The highest BCUT2D eigenvalue weighted by Crippen LogP contribution is 2.29. The van der Waals surface area contributed by atoms with E-state index in [0.29, 0.717) is 5.69 Å². The molecule has 3 rings (SSSR count). The summed E-state index contributed by atoms with van der Waals surface area (Å²) in [6, 6.07) is 13.7. The molecule has 2 aromatic carbocycles. The molecule has 0 aliphatic heterocycles. The molecule has 7 nitrogen and oxygen atoms in total. The van der Waals surface area contributed by atoms with Gasteiger partial charge >= 0.3 is 0 Å². The molecule has 0 saturated carbocycles. The first-order valence-electron chi connectivity index (χ1n) is 8.87. The van der Waals surface area contributed by atoms with Crippen molar-refractivity contribution < 1.29 is 19.2 Å². The summed E-state index contributed by atoms with van der Waals surface area (Å²) in [4.78, 5) is 24.3. The van der Waals surface area contributed by atoms with Crippen LogP contribution in [-0.2, 0) is 14.3 Å². The Labute approximate surface area is 172 Å². The van der Waals surface area contributed by atoms with Gasteiger partial charge in [-0.15, -0.1) is 0 Å². The molecule has 1 N–H and O–H groups in total. The average Bonchev–Trinajstić information content (AvgIpc) is 2.74. The maximum absolute atomic E-state index is 12.1. The summed E-state index contributed by atoms with van der Waals surface area (Å²) in [6.07, 6.45) is 6.97. The summed E-state index contributed by atoms with van der Waals surface area (Å²) in [5.74, 6) is -0.251. The van der Waals surface area contributed by atoms with Gasteiger partial charge in [0.2, 0.25) is 5.91 Å². The van der Waals surface area contributed by atoms with Crippen LogP contribution in [0.25, 0.3) is 0 Å². The van der Waals surface area contributed by atoms with Gasteiger partial charge in [-0.1, -0.05) is 36.1 Å². The first kappa shape index (κ1) is 20.8. The second kappa shape index (κ2) is 10.0. The maximum atomic E-state index is 12.1. The highest BCUT2D eigenvalue weighted by molar-refractivity contribution is 7.99. The van der Waals surface area contributed by atoms with Gasteiger partial charge in [0.05, 0.1) is 4.92 Å². The van der Waals surface area contributed by atoms with Gasteiger partial charge in [-0.3, -0.25) is 14.9 Å². The molecule has 0 radical (unpaired) electrons. The smallest absolute Gasteiger partial charge is 0.269 e. The van der Waals surface area contributed by atoms with E-state index in [0.717, 1.165) is 9.79 Å². The molecule has 1 amide bonds. The Hall–Kier alpha value is -2.94. The van der Waals surface area contributed by atoms with E-state index in [1.807, 2.05) is 36.4 Å². The molecule has 1 aliphatic carbocycles. The van der Waals surface area contributed by atoms with Gasteiger partial charge in [0.25, 0.3) is 5.69 Å². The Bertz CT molecular complexity index is 910. The van der Waals surface area contributed by atoms with Crippen LogP contribution in [0.1, 0.15) is 0 Å². The van der Waals surface area contributed by atoms with Crippen molar-refractivity contribution in [3.8, 4) is 0 Å². The molecule has 150 valence electrons. The Morgan fingerprint density at radius 2 is 1.62 bits per heavy atom. The summed E-state index contributed by atoms with van der Waals surface area (Å²) in [6.45, 7) is -0.0813. The Kier molecular flexibility index (Phi) is 7.18. The third kappa shape index (κ3) is 6.02. The molecule has 2 atom stereocenters. The number of anilines is 1. The summed E-state index contributed by atoms with van der Waals surface area (Å²) in [5.41, 5.74) is 0.722. The molecule has 29 heavy (non-hydrogen) atoms. The number of non-ortho nitro benzene ring substituents is 1. The van der Waals surface area contributed by atoms with Crippen LogP contribution < -0.4 is 5.32 Å². The minimum absolute atomic E-state index is 0.0613. The van der Waals surface area contributed by atoms with Crippen molar-refractivity contribution in [3.63, 3.8) is 0 Å². The zero-order valence-electron chi connectivity index (χ0n) is 15.7. The summed E-state index contributed by atoms with van der Waals surface area (Å²) < 4.78 is 10.9. The van der Waals surface area contributed by atoms with Crippen molar-refractivity contribution in [1.82, 2.24) is 0 Å². The van der Waals surface area contributed by atoms with E-state index >= 15 is 0 Å². The minimum Gasteiger partial charge on any atom is -0.374 e. The van der Waals surface area contributed by atoms with Crippen molar-refractivity contribution in [2.75, 3.05) is 19.0 Å². The van der Waals surface area contributed by atoms with Crippen LogP contribution >= 0.6 is 11.8 Å². The highest BCUT2D eigenvalue weighted by Gasteiger charge is 2.19. The second-order valence-corrected chi connectivity index (χ2v) is 7.32. The fraction of sp³-hybridized carbons (Fsp3) is 0.190. The number of nitrogens with zero attached hydrogens (tertiary/aromatic N) is 1. The van der Waals surface area contributed by atoms with Crippen LogP contribution in [-0.4, -0.2) is 36.8 Å². The number of carbonyl (C=O) groups excluding carboxylic acids is 1. The van der Waals surface area contributed by atoms with Crippen LogP contribution in [0.4, 0.5) is 11.4 Å². The Balaban J connectivity index is 1.49. The number of ether oxygens (including phenoxy) is 2. The summed E-state index contributed by atoms with van der Waals surface area (Å²) in [5, 5.41) is 13.5. The van der Waals surface area contributed by atoms with E-state index in [9.17, 15) is 14.9 Å². The van der Waals surface area contributed by atoms with Gasteiger partial charge in [-0.2, -0.15) is 0 Å². The van der Waals surface area contributed by atoms with Crippen molar-refractivity contribution in [2.24, 2.45) is 0 Å². The standard InChI is InChI=1S/C21H20N2O5S/c1-27-19-4-2-3-5-20(19)28-14-21(24)22-15-6-10-17(11-7-15)29-18-12-8-16(9-13-18)23(25)26/h2-13,19-20H,14H2,1H3,(H,22,24). The predicted octanol–water partition coefficient (Wildman–Crippen LogP) is 4.21. The lowest BCUT2D eigenvalue weighted by Crippen LogP contribution is -2.32. The highest BCUT2D eigenvalue weighted by atomic mass is 32.2. The number of nitro benzene ring substituents is 1. The van der Waals surface area contributed by atoms with Crippen molar-refractivity contribution in [2.45, 2.75) is 22.0 Å². The fourth-order valence-corrected chi connectivity index (χ4v) is 3.49. The van der Waals surface area contributed by atoms with Crippen LogP contribution in [0.3, 0.4) is 0 Å². The lowest BCUT2D eigenvalue weighted by molar-refractivity contribution is -0.384. The number of hydrogen-bond acceptors (Lipinski definition) is 6. The summed E-state index contributed by atoms with van der Waals surface area (Å²) >= 11 is 1.48. The van der Waals surface area contributed by atoms with Crippen LogP contribution in [0.2, 0.25) is 0 Å². The molecule has 2 unspecified atom stereocenters. The van der Waals surface area contributed by atoms with Gasteiger partial charge in [0.1, 0.15) is 18.8 Å². The van der Waals surface area contributed by atoms with E-state index in [1.165, 1.54) is 23.9 Å². The molecule has 0 saturated heterocycles. The number of carbonyl (C=O) groups is 1. The van der Waals surface area contributed by atoms with E-state index in [1.54, 1.807) is 31.4 Å². The number of amides is 1. The Morgan fingerprint density at radius 3 is 2.21 bits per heavy atom. The van der Waals surface area contributed by atoms with E-state index < -0.39 is 4.92 Å². The molecule has 0 aromatic heterocycles. The predicted molar refractivity (Wildman–Crippen MR) is 111 cm³/mol. The first-order valence-corrected chi connectivity index (χ1v) is 9.68. The molecule has 1 aliphatic rings. The van der Waals surface area contributed by atoms with Crippen molar-refractivity contribution in [1.29, 1.82) is 0 Å². The molecule has 8 heteroatoms. The normalized spacial score (nSPS) is 17.8. The molecule has 0 fully saturated rings. The van der Waals surface area contributed by atoms with Crippen LogP contribution in [0.15, 0.2) is 82.6 Å². The number of methoxy groups -OCH3 is 1. The maximum Gasteiger partial charge on any atom is 0.269 e. The molecule has 2 aromatic rings. The topological polar surface area (TPSA) is 90.7 Å². The quantitative estimate of drug-likeness (QED) is 0.516. The molecular formula is C21H20N2O5S. The average molecular weight is 412 g/mol. The van der Waals surface area contributed by atoms with Gasteiger partial charge in [-0.05, 0) is 36.4 Å². The molecule has 0 spiro atoms. The van der Waals surface area contributed by atoms with Crippen molar-refractivity contribution in [3.05, 3.63) is 82.9 Å². The number of benzene rings is 2. The molecule has 0 heterocycles. The van der Waals surface area contributed by atoms with Crippen LogP contribution in [0.5, 0.6) is 0 Å². The van der Waals surface area contributed by atoms with Gasteiger partial charge in [-0.25, -0.2) is 0 Å². The number of nitrogens with one attached hydrogen (secondary N) is 1. The monoisotopic (exact) mass is 412 g/mol. The number of rotatable bonds is 8. The Morgan fingerprint density at radius 1 is 1.03 bits per heavy atom. The summed E-state index contributed by atoms with van der Waals surface area (Å²) in [7, 11) is 1.60. The second-order valence-electron chi connectivity index (χ2n) is 6.17. The fourth-order valence-electron chi connectivity index (χ4n) is 2.68. The molecular weight excluding hydrogens is 392 g/mol. The first-order chi connectivity index (χ1) is 14.0. The number of allylic oxidation sites excluding steroid dienone is 2. The van der Waals surface area contributed by atoms with E-state index in [2.05, 4.69) is 5.32 Å². The SMILES string of the molecule is COC1C=CC=CC1OCC(=O)Nc1ccc(Sc2ccc([N+](=O)[O-])cc2)cc1. The zero-order chi connectivity index (χ0) is 20.6.